The van der Waals surface area contributed by atoms with E-state index in [2.05, 4.69) is 9.40 Å². The Morgan fingerprint density at radius 1 is 1.75 bits per heavy atom. The number of hydrogen-bond donors (Lipinski definition) is 0. The van der Waals surface area contributed by atoms with Crippen LogP contribution in [0.2, 0.25) is 0 Å². The molecule has 1 rings (SSSR count). The molecule has 0 aromatic carbocycles. The maximum atomic E-state index is 10.2. The summed E-state index contributed by atoms with van der Waals surface area (Å²) in [4.78, 5) is 13.8. The summed E-state index contributed by atoms with van der Waals surface area (Å²) in [5.41, 5.74) is 0.659. The Morgan fingerprint density at radius 2 is 2.42 bits per heavy atom. The molecule has 0 saturated heterocycles. The van der Waals surface area contributed by atoms with E-state index in [1.807, 2.05) is 6.92 Å². The van der Waals surface area contributed by atoms with Crippen molar-refractivity contribution in [1.29, 1.82) is 0 Å². The number of carboxylic acids is 1. The summed E-state index contributed by atoms with van der Waals surface area (Å²) in [6.45, 7) is 1.98. The van der Waals surface area contributed by atoms with Crippen molar-refractivity contribution in [2.45, 2.75) is 19.8 Å². The maximum Gasteiger partial charge on any atom is 1.00 e. The Balaban J connectivity index is 0.00000121. The number of hydrogen-bond acceptors (Lipinski definition) is 4. The van der Waals surface area contributed by atoms with Crippen molar-refractivity contribution in [3.63, 3.8) is 0 Å². The van der Waals surface area contributed by atoms with Gasteiger partial charge in [0.25, 0.3) is 0 Å². The number of aryl methyl sites for hydroxylation is 1. The molecule has 1 aromatic rings. The summed E-state index contributed by atoms with van der Waals surface area (Å²) in [7, 11) is 0. The van der Waals surface area contributed by atoms with Gasteiger partial charge in [0.2, 0.25) is 5.89 Å². The number of carboxylic acid groups (broad SMARTS) is 1. The molecule has 0 N–H and O–H groups in total. The number of aromatic carboxylic acids is 1. The van der Waals surface area contributed by atoms with Crippen LogP contribution in [0.1, 0.15) is 29.7 Å². The molecule has 4 nitrogen and oxygen atoms in total. The number of carbonyl (C=O) groups excluding carboxylic acids is 1. The predicted octanol–water partition coefficient (Wildman–Crippen LogP) is -3.01. The monoisotopic (exact) mass is 177 g/mol. The molecule has 0 atom stereocenters. The molecule has 0 radical (unpaired) electrons. The van der Waals surface area contributed by atoms with Gasteiger partial charge in [-0.3, -0.25) is 0 Å². The van der Waals surface area contributed by atoms with Crippen LogP contribution < -0.4 is 34.7 Å². The van der Waals surface area contributed by atoms with E-state index in [0.29, 0.717) is 5.69 Å². The van der Waals surface area contributed by atoms with Gasteiger partial charge in [-0.1, -0.05) is 13.3 Å². The van der Waals surface area contributed by atoms with Crippen LogP contribution in [0.25, 0.3) is 0 Å². The van der Waals surface area contributed by atoms with Crippen molar-refractivity contribution in [1.82, 2.24) is 4.98 Å². The number of nitrogens with zero attached hydrogens (tertiary/aromatic N) is 1. The van der Waals surface area contributed by atoms with Crippen LogP contribution in [-0.2, 0) is 6.42 Å². The molecule has 0 unspecified atom stereocenters. The third-order valence-corrected chi connectivity index (χ3v) is 1.23. The third-order valence-electron chi connectivity index (χ3n) is 1.23. The van der Waals surface area contributed by atoms with Crippen LogP contribution >= 0.6 is 0 Å². The minimum absolute atomic E-state index is 0. The van der Waals surface area contributed by atoms with E-state index in [-0.39, 0.29) is 35.4 Å². The molecule has 0 saturated carbocycles. The van der Waals surface area contributed by atoms with E-state index in [9.17, 15) is 9.90 Å². The molecule has 1 heterocycles. The van der Waals surface area contributed by atoms with Crippen molar-refractivity contribution in [2.75, 3.05) is 0 Å². The van der Waals surface area contributed by atoms with Gasteiger partial charge in [0.05, 0.1) is 5.69 Å². The Kier molecular flexibility index (Phi) is 5.20. The van der Waals surface area contributed by atoms with E-state index in [1.54, 1.807) is 0 Å². The first-order chi connectivity index (χ1) is 5.24. The number of aromatic nitrogens is 1. The van der Waals surface area contributed by atoms with Crippen LogP contribution in [0.3, 0.4) is 0 Å². The molecular formula is C7H8NNaO3. The van der Waals surface area contributed by atoms with Gasteiger partial charge in [-0.25, -0.2) is 4.98 Å². The van der Waals surface area contributed by atoms with E-state index in [1.165, 1.54) is 6.26 Å². The van der Waals surface area contributed by atoms with E-state index in [0.717, 1.165) is 12.8 Å². The zero-order valence-electron chi connectivity index (χ0n) is 7.16. The largest absolute Gasteiger partial charge is 1.00 e. The van der Waals surface area contributed by atoms with Gasteiger partial charge in [-0.2, -0.15) is 0 Å². The van der Waals surface area contributed by atoms with Crippen molar-refractivity contribution in [2.24, 2.45) is 0 Å². The molecule has 0 bridgehead atoms. The summed E-state index contributed by atoms with van der Waals surface area (Å²) in [6, 6.07) is 0. The molecule has 0 aliphatic heterocycles. The van der Waals surface area contributed by atoms with E-state index in [4.69, 9.17) is 0 Å². The summed E-state index contributed by atoms with van der Waals surface area (Å²) >= 11 is 0. The Bertz CT molecular complexity index is 259. The van der Waals surface area contributed by atoms with E-state index < -0.39 is 5.97 Å². The normalized spacial score (nSPS) is 9.08. The number of rotatable bonds is 3. The topological polar surface area (TPSA) is 66.2 Å². The zero-order chi connectivity index (χ0) is 8.27. The Labute approximate surface area is 92.3 Å². The minimum Gasteiger partial charge on any atom is -0.540 e. The van der Waals surface area contributed by atoms with Crippen LogP contribution in [0.4, 0.5) is 0 Å². The predicted molar refractivity (Wildman–Crippen MR) is 34.8 cm³/mol. The van der Waals surface area contributed by atoms with Gasteiger partial charge >= 0.3 is 29.6 Å². The molecule has 12 heavy (non-hydrogen) atoms. The van der Waals surface area contributed by atoms with Crippen molar-refractivity contribution in [3.8, 4) is 0 Å². The molecule has 1 aromatic heterocycles. The first kappa shape index (κ1) is 11.7. The average molecular weight is 177 g/mol. The van der Waals surface area contributed by atoms with Gasteiger partial charge in [0, 0.05) is 0 Å². The SMILES string of the molecule is CCCc1coc(C(=O)[O-])n1.[Na+]. The molecular weight excluding hydrogens is 169 g/mol. The van der Waals surface area contributed by atoms with E-state index >= 15 is 0 Å². The summed E-state index contributed by atoms with van der Waals surface area (Å²) < 4.78 is 4.61. The molecule has 0 aliphatic rings. The first-order valence-electron chi connectivity index (χ1n) is 3.39. The van der Waals surface area contributed by atoms with Gasteiger partial charge in [-0.15, -0.1) is 0 Å². The molecule has 60 valence electrons. The maximum absolute atomic E-state index is 10.2. The van der Waals surface area contributed by atoms with Crippen molar-refractivity contribution >= 4 is 5.97 Å². The van der Waals surface area contributed by atoms with Gasteiger partial charge < -0.3 is 14.3 Å². The minimum atomic E-state index is -1.37. The van der Waals surface area contributed by atoms with Crippen LogP contribution in [0.5, 0.6) is 0 Å². The zero-order valence-corrected chi connectivity index (χ0v) is 9.16. The fourth-order valence-electron chi connectivity index (χ4n) is 0.772. The number of carbonyl (C=O) groups is 1. The molecule has 0 fully saturated rings. The van der Waals surface area contributed by atoms with Crippen molar-refractivity contribution in [3.05, 3.63) is 17.8 Å². The molecule has 0 amide bonds. The second-order valence-corrected chi connectivity index (χ2v) is 2.18. The van der Waals surface area contributed by atoms with Gasteiger partial charge in [0.1, 0.15) is 12.2 Å². The second kappa shape index (κ2) is 5.35. The smallest absolute Gasteiger partial charge is 0.540 e. The quantitative estimate of drug-likeness (QED) is 0.461. The fraction of sp³-hybridized carbons (Fsp3) is 0.429. The Morgan fingerprint density at radius 3 is 2.83 bits per heavy atom. The van der Waals surface area contributed by atoms with Crippen LogP contribution in [0, 0.1) is 0 Å². The third kappa shape index (κ3) is 2.97. The molecule has 0 aliphatic carbocycles. The summed E-state index contributed by atoms with van der Waals surface area (Å²) in [5, 5.41) is 10.2. The Hall–Kier alpha value is -0.320. The standard InChI is InChI=1S/C7H9NO3.Na/c1-2-3-5-4-11-6(8-5)7(9)10;/h4H,2-3H2,1H3,(H,9,10);/q;+1/p-1. The number of oxazole rings is 1. The summed E-state index contributed by atoms with van der Waals surface area (Å²) in [5.74, 6) is -1.71. The van der Waals surface area contributed by atoms with Gasteiger partial charge in [0.15, 0.2) is 0 Å². The van der Waals surface area contributed by atoms with Crippen LogP contribution in [-0.4, -0.2) is 11.0 Å². The first-order valence-corrected chi connectivity index (χ1v) is 3.39. The molecule has 0 spiro atoms. The summed E-state index contributed by atoms with van der Waals surface area (Å²) in [6.07, 6.45) is 2.99. The van der Waals surface area contributed by atoms with Crippen LogP contribution in [0.15, 0.2) is 10.7 Å². The average Bonchev–Trinajstić information content (AvgIpc) is 2.37. The second-order valence-electron chi connectivity index (χ2n) is 2.18. The van der Waals surface area contributed by atoms with Crippen molar-refractivity contribution < 1.29 is 43.9 Å². The fourth-order valence-corrected chi connectivity index (χ4v) is 0.772. The van der Waals surface area contributed by atoms with Gasteiger partial charge in [-0.05, 0) is 6.42 Å². The molecule has 5 heteroatoms.